The molecule has 35 heavy (non-hydrogen) atoms. The molecule has 2 aromatic carbocycles. The van der Waals surface area contributed by atoms with E-state index in [4.69, 9.17) is 0 Å². The molecule has 0 aliphatic carbocycles. The molecule has 0 aromatic heterocycles. The number of nitrogens with one attached hydrogen (secondary N) is 3. The minimum atomic E-state index is -1.11. The van der Waals surface area contributed by atoms with Crippen LogP contribution in [0.3, 0.4) is 0 Å². The maximum absolute atomic E-state index is 13.2. The standard InChI is InChI=1S/C24H23N5O6/c1-28(2)24(35)26-14-6-3-5-13(11-14)12-25-20(31)15-7-4-8-16-19(15)23(34)29(22(16)33)17-9-10-18(30)27-21(17)32/h3-8,11,17H,9-10,12H2,1-2H3,(H,25,31)(H,26,35)(H,27,30,32). The highest BCUT2D eigenvalue weighted by Gasteiger charge is 2.46. The van der Waals surface area contributed by atoms with Crippen molar-refractivity contribution in [1.29, 1.82) is 0 Å². The first-order chi connectivity index (χ1) is 16.7. The quantitative estimate of drug-likeness (QED) is 0.550. The van der Waals surface area contributed by atoms with Crippen LogP contribution in [0.15, 0.2) is 42.5 Å². The zero-order valence-electron chi connectivity index (χ0n) is 19.1. The van der Waals surface area contributed by atoms with Gasteiger partial charge in [0, 0.05) is 32.7 Å². The molecule has 3 N–H and O–H groups in total. The molecular formula is C24H23N5O6. The predicted molar refractivity (Wildman–Crippen MR) is 123 cm³/mol. The summed E-state index contributed by atoms with van der Waals surface area (Å²) in [6.07, 6.45) is 0.0313. The lowest BCUT2D eigenvalue weighted by Gasteiger charge is -2.27. The van der Waals surface area contributed by atoms with E-state index in [1.54, 1.807) is 38.4 Å². The van der Waals surface area contributed by atoms with E-state index in [1.807, 2.05) is 0 Å². The van der Waals surface area contributed by atoms with Crippen LogP contribution in [-0.4, -0.2) is 65.5 Å². The lowest BCUT2D eigenvalue weighted by molar-refractivity contribution is -0.136. The van der Waals surface area contributed by atoms with Gasteiger partial charge in [-0.05, 0) is 36.2 Å². The Bertz CT molecular complexity index is 1270. The molecule has 11 nitrogen and oxygen atoms in total. The van der Waals surface area contributed by atoms with E-state index in [9.17, 15) is 28.8 Å². The maximum atomic E-state index is 13.2. The monoisotopic (exact) mass is 477 g/mol. The Hall–Kier alpha value is -4.54. The van der Waals surface area contributed by atoms with E-state index in [0.29, 0.717) is 11.3 Å². The third-order valence-corrected chi connectivity index (χ3v) is 5.75. The average molecular weight is 477 g/mol. The first-order valence-electron chi connectivity index (χ1n) is 10.9. The summed E-state index contributed by atoms with van der Waals surface area (Å²) in [6, 6.07) is 9.85. The lowest BCUT2D eigenvalue weighted by atomic mass is 10.0. The zero-order chi connectivity index (χ0) is 25.3. The number of amides is 7. The SMILES string of the molecule is CN(C)C(=O)Nc1cccc(CNC(=O)c2cccc3c2C(=O)N(C2CCC(=O)NC2=O)C3=O)c1. The first kappa shape index (κ1) is 23.6. The topological polar surface area (TPSA) is 145 Å². The molecule has 1 atom stereocenters. The summed E-state index contributed by atoms with van der Waals surface area (Å²) >= 11 is 0. The molecule has 7 amide bonds. The second-order valence-electron chi connectivity index (χ2n) is 8.38. The molecule has 11 heteroatoms. The molecule has 0 radical (unpaired) electrons. The zero-order valence-corrected chi connectivity index (χ0v) is 19.1. The summed E-state index contributed by atoms with van der Waals surface area (Å²) in [4.78, 5) is 76.8. The van der Waals surface area contributed by atoms with Crippen molar-refractivity contribution in [3.63, 3.8) is 0 Å². The van der Waals surface area contributed by atoms with E-state index >= 15 is 0 Å². The normalized spacial score (nSPS) is 17.1. The third-order valence-electron chi connectivity index (χ3n) is 5.75. The molecule has 4 rings (SSSR count). The number of piperidine rings is 1. The van der Waals surface area contributed by atoms with Gasteiger partial charge in [-0.2, -0.15) is 0 Å². The Balaban J connectivity index is 1.51. The molecule has 2 aliphatic rings. The van der Waals surface area contributed by atoms with Gasteiger partial charge in [-0.25, -0.2) is 4.79 Å². The number of carbonyl (C=O) groups excluding carboxylic acids is 6. The van der Waals surface area contributed by atoms with Gasteiger partial charge in [0.15, 0.2) is 0 Å². The van der Waals surface area contributed by atoms with Gasteiger partial charge in [-0.15, -0.1) is 0 Å². The number of carbonyl (C=O) groups is 6. The van der Waals surface area contributed by atoms with Crippen LogP contribution in [0.1, 0.15) is 49.5 Å². The van der Waals surface area contributed by atoms with Gasteiger partial charge in [0.2, 0.25) is 11.8 Å². The van der Waals surface area contributed by atoms with Gasteiger partial charge in [0.1, 0.15) is 6.04 Å². The number of hydrogen-bond donors (Lipinski definition) is 3. The van der Waals surface area contributed by atoms with E-state index in [-0.39, 0.29) is 42.1 Å². The largest absolute Gasteiger partial charge is 0.348 e. The fraction of sp³-hybridized carbons (Fsp3) is 0.250. The Morgan fingerprint density at radius 3 is 2.51 bits per heavy atom. The average Bonchev–Trinajstić information content (AvgIpc) is 3.08. The number of anilines is 1. The fourth-order valence-corrected chi connectivity index (χ4v) is 3.98. The van der Waals surface area contributed by atoms with Crippen LogP contribution in [0.5, 0.6) is 0 Å². The van der Waals surface area contributed by atoms with Gasteiger partial charge in [-0.1, -0.05) is 18.2 Å². The van der Waals surface area contributed by atoms with Gasteiger partial charge in [-0.3, -0.25) is 34.2 Å². The van der Waals surface area contributed by atoms with Crippen molar-refractivity contribution in [2.24, 2.45) is 0 Å². The van der Waals surface area contributed by atoms with Crippen molar-refractivity contribution in [1.82, 2.24) is 20.4 Å². The number of nitrogens with zero attached hydrogens (tertiary/aromatic N) is 2. The molecule has 0 bridgehead atoms. The molecule has 2 aliphatic heterocycles. The summed E-state index contributed by atoms with van der Waals surface area (Å²) in [6.45, 7) is 0.104. The van der Waals surface area contributed by atoms with Crippen LogP contribution in [0, 0.1) is 0 Å². The minimum Gasteiger partial charge on any atom is -0.348 e. The van der Waals surface area contributed by atoms with Crippen molar-refractivity contribution >= 4 is 41.3 Å². The highest BCUT2D eigenvalue weighted by Crippen LogP contribution is 2.30. The predicted octanol–water partition coefficient (Wildman–Crippen LogP) is 1.11. The Morgan fingerprint density at radius 1 is 1.06 bits per heavy atom. The van der Waals surface area contributed by atoms with E-state index in [0.717, 1.165) is 4.90 Å². The lowest BCUT2D eigenvalue weighted by Crippen LogP contribution is -2.54. The highest BCUT2D eigenvalue weighted by molar-refractivity contribution is 6.26. The summed E-state index contributed by atoms with van der Waals surface area (Å²) in [5.41, 5.74) is 1.21. The first-order valence-corrected chi connectivity index (χ1v) is 10.9. The van der Waals surface area contributed by atoms with Crippen LogP contribution in [-0.2, 0) is 16.1 Å². The van der Waals surface area contributed by atoms with Crippen LogP contribution < -0.4 is 16.0 Å². The molecular weight excluding hydrogens is 454 g/mol. The van der Waals surface area contributed by atoms with Crippen molar-refractivity contribution in [2.75, 3.05) is 19.4 Å². The Labute approximate surface area is 200 Å². The molecule has 180 valence electrons. The molecule has 2 heterocycles. The van der Waals surface area contributed by atoms with Crippen molar-refractivity contribution < 1.29 is 28.8 Å². The van der Waals surface area contributed by atoms with Crippen LogP contribution >= 0.6 is 0 Å². The molecule has 1 saturated heterocycles. The van der Waals surface area contributed by atoms with E-state index in [1.165, 1.54) is 23.1 Å². The molecule has 1 fully saturated rings. The Kier molecular flexibility index (Phi) is 6.32. The highest BCUT2D eigenvalue weighted by atomic mass is 16.2. The number of benzene rings is 2. The fourth-order valence-electron chi connectivity index (χ4n) is 3.98. The molecule has 1 unspecified atom stereocenters. The molecule has 0 saturated carbocycles. The summed E-state index contributed by atoms with van der Waals surface area (Å²) in [5, 5.41) is 7.59. The number of rotatable bonds is 5. The van der Waals surface area contributed by atoms with Crippen LogP contribution in [0.25, 0.3) is 0 Å². The molecule has 0 spiro atoms. The van der Waals surface area contributed by atoms with Gasteiger partial charge in [0.25, 0.3) is 17.7 Å². The third kappa shape index (κ3) is 4.60. The van der Waals surface area contributed by atoms with Gasteiger partial charge in [0.05, 0.1) is 16.7 Å². The smallest absolute Gasteiger partial charge is 0.321 e. The Morgan fingerprint density at radius 2 is 1.80 bits per heavy atom. The molecule has 2 aromatic rings. The van der Waals surface area contributed by atoms with E-state index in [2.05, 4.69) is 16.0 Å². The second-order valence-corrected chi connectivity index (χ2v) is 8.38. The summed E-state index contributed by atoms with van der Waals surface area (Å²) in [5.74, 6) is -3.19. The van der Waals surface area contributed by atoms with Gasteiger partial charge < -0.3 is 15.5 Å². The maximum Gasteiger partial charge on any atom is 0.321 e. The van der Waals surface area contributed by atoms with Gasteiger partial charge >= 0.3 is 6.03 Å². The summed E-state index contributed by atoms with van der Waals surface area (Å²) in [7, 11) is 3.23. The van der Waals surface area contributed by atoms with Crippen molar-refractivity contribution in [3.8, 4) is 0 Å². The van der Waals surface area contributed by atoms with Crippen LogP contribution in [0.4, 0.5) is 10.5 Å². The second kappa shape index (κ2) is 9.37. The van der Waals surface area contributed by atoms with E-state index < -0.39 is 35.6 Å². The van der Waals surface area contributed by atoms with Crippen molar-refractivity contribution in [2.45, 2.75) is 25.4 Å². The number of urea groups is 1. The number of hydrogen-bond acceptors (Lipinski definition) is 6. The summed E-state index contributed by atoms with van der Waals surface area (Å²) < 4.78 is 0. The van der Waals surface area contributed by atoms with Crippen molar-refractivity contribution in [3.05, 3.63) is 64.7 Å². The number of fused-ring (bicyclic) bond motifs is 1. The number of imide groups is 2. The minimum absolute atomic E-state index is 0.00518. The van der Waals surface area contributed by atoms with Crippen LogP contribution in [0.2, 0.25) is 0 Å².